The molecule has 0 aliphatic carbocycles. The van der Waals surface area contributed by atoms with Crippen molar-refractivity contribution in [2.24, 2.45) is 0 Å². The van der Waals surface area contributed by atoms with Gasteiger partial charge in [0.2, 0.25) is 0 Å². The molecule has 0 aromatic heterocycles. The summed E-state index contributed by atoms with van der Waals surface area (Å²) in [6, 6.07) is 10.1. The lowest BCUT2D eigenvalue weighted by Crippen LogP contribution is -2.55. The third-order valence-corrected chi connectivity index (χ3v) is 9.57. The quantitative estimate of drug-likeness (QED) is 0.485. The van der Waals surface area contributed by atoms with Gasteiger partial charge in [-0.1, -0.05) is 42.1 Å². The Labute approximate surface area is 118 Å². The largest absolute Gasteiger partial charge is 0.285 e. The van der Waals surface area contributed by atoms with E-state index in [-0.39, 0.29) is 0 Å². The SMILES string of the molecule is C[C@@]1([N+](=O)[O-])C[Si](C)(c2ccccc2)C[C@@]1(C)[N+](=O)[O-]. The minimum Gasteiger partial charge on any atom is -0.264 e. The van der Waals surface area contributed by atoms with E-state index in [0.29, 0.717) is 12.1 Å². The van der Waals surface area contributed by atoms with Gasteiger partial charge >= 0.3 is 0 Å². The zero-order valence-electron chi connectivity index (χ0n) is 11.8. The summed E-state index contributed by atoms with van der Waals surface area (Å²) in [5, 5.41) is 24.0. The molecule has 0 unspecified atom stereocenters. The van der Waals surface area contributed by atoms with Crippen LogP contribution >= 0.6 is 0 Å². The van der Waals surface area contributed by atoms with Gasteiger partial charge in [0.1, 0.15) is 0 Å². The standard InChI is InChI=1S/C13H18N2O4Si/c1-12(14(16)17)9-20(3,10-13(12,2)15(18)19)11-7-5-4-6-8-11/h4-8H,9-10H2,1-3H3/t12-,13-/m1/s1. The third kappa shape index (κ3) is 1.84. The van der Waals surface area contributed by atoms with Gasteiger partial charge in [0.25, 0.3) is 11.1 Å². The first-order valence-corrected chi connectivity index (χ1v) is 9.42. The number of hydrogen-bond donors (Lipinski definition) is 0. The van der Waals surface area contributed by atoms with Gasteiger partial charge in [0, 0.05) is 35.8 Å². The number of nitro groups is 2. The Morgan fingerprint density at radius 3 is 1.75 bits per heavy atom. The van der Waals surface area contributed by atoms with Crippen molar-refractivity contribution < 1.29 is 9.85 Å². The fourth-order valence-electron chi connectivity index (χ4n) is 3.53. The highest BCUT2D eigenvalue weighted by Gasteiger charge is 2.74. The first-order valence-electron chi connectivity index (χ1n) is 6.50. The lowest BCUT2D eigenvalue weighted by atomic mass is 9.84. The van der Waals surface area contributed by atoms with Crippen LogP contribution in [0.3, 0.4) is 0 Å². The molecule has 2 atom stereocenters. The molecule has 1 aromatic rings. The molecule has 0 bridgehead atoms. The van der Waals surface area contributed by atoms with Crippen molar-refractivity contribution in [1.82, 2.24) is 0 Å². The smallest absolute Gasteiger partial charge is 0.264 e. The molecule has 20 heavy (non-hydrogen) atoms. The molecule has 0 amide bonds. The molecule has 1 fully saturated rings. The van der Waals surface area contributed by atoms with Gasteiger partial charge in [-0.25, -0.2) is 0 Å². The van der Waals surface area contributed by atoms with Crippen LogP contribution in [0.15, 0.2) is 30.3 Å². The molecule has 1 aromatic carbocycles. The molecule has 1 aliphatic heterocycles. The molecule has 0 spiro atoms. The van der Waals surface area contributed by atoms with Gasteiger partial charge < -0.3 is 0 Å². The average molecular weight is 294 g/mol. The molecule has 6 nitrogen and oxygen atoms in total. The molecule has 7 heteroatoms. The van der Waals surface area contributed by atoms with Crippen LogP contribution in [0.4, 0.5) is 0 Å². The van der Waals surface area contributed by atoms with Crippen molar-refractivity contribution in [2.75, 3.05) is 0 Å². The Kier molecular flexibility index (Phi) is 3.20. The van der Waals surface area contributed by atoms with Gasteiger partial charge in [0.05, 0.1) is 8.07 Å². The van der Waals surface area contributed by atoms with Crippen LogP contribution in [0.5, 0.6) is 0 Å². The number of benzene rings is 1. The highest BCUT2D eigenvalue weighted by atomic mass is 28.3. The molecule has 1 saturated heterocycles. The van der Waals surface area contributed by atoms with Crippen molar-refractivity contribution in [2.45, 2.75) is 43.6 Å². The molecule has 108 valence electrons. The highest BCUT2D eigenvalue weighted by molar-refractivity contribution is 6.92. The second-order valence-corrected chi connectivity index (χ2v) is 10.7. The average Bonchev–Trinajstić information content (AvgIpc) is 2.61. The van der Waals surface area contributed by atoms with E-state index in [9.17, 15) is 20.2 Å². The molecule has 1 heterocycles. The lowest BCUT2D eigenvalue weighted by molar-refractivity contribution is -0.669. The summed E-state index contributed by atoms with van der Waals surface area (Å²) < 4.78 is 0. The van der Waals surface area contributed by atoms with Crippen LogP contribution in [-0.2, 0) is 0 Å². The maximum Gasteiger partial charge on any atom is 0.285 e. The van der Waals surface area contributed by atoms with Gasteiger partial charge in [-0.05, 0) is 0 Å². The van der Waals surface area contributed by atoms with E-state index in [1.165, 1.54) is 13.8 Å². The lowest BCUT2D eigenvalue weighted by Gasteiger charge is -2.25. The van der Waals surface area contributed by atoms with Crippen LogP contribution in [-0.4, -0.2) is 29.0 Å². The monoisotopic (exact) mass is 294 g/mol. The fraction of sp³-hybridized carbons (Fsp3) is 0.538. The Balaban J connectivity index is 2.54. The summed E-state index contributed by atoms with van der Waals surface area (Å²) >= 11 is 0. The third-order valence-electron chi connectivity index (χ3n) is 4.91. The van der Waals surface area contributed by atoms with Crippen LogP contribution in [0, 0.1) is 20.2 Å². The van der Waals surface area contributed by atoms with E-state index in [0.717, 1.165) is 5.19 Å². The zero-order valence-corrected chi connectivity index (χ0v) is 12.8. The van der Waals surface area contributed by atoms with Gasteiger partial charge in [-0.15, -0.1) is 0 Å². The summed E-state index contributed by atoms with van der Waals surface area (Å²) in [5.74, 6) is 0. The van der Waals surface area contributed by atoms with E-state index >= 15 is 0 Å². The van der Waals surface area contributed by atoms with Crippen LogP contribution in [0.25, 0.3) is 0 Å². The second kappa shape index (κ2) is 4.37. The van der Waals surface area contributed by atoms with E-state index in [4.69, 9.17) is 0 Å². The number of hydrogen-bond acceptors (Lipinski definition) is 4. The van der Waals surface area contributed by atoms with Crippen molar-refractivity contribution in [1.29, 1.82) is 0 Å². The first kappa shape index (κ1) is 14.6. The summed E-state index contributed by atoms with van der Waals surface area (Å²) in [6.07, 6.45) is 0. The Hall–Kier alpha value is -1.76. The predicted octanol–water partition coefficient (Wildman–Crippen LogP) is 2.06. The summed E-state index contributed by atoms with van der Waals surface area (Å²) in [7, 11) is -2.24. The number of nitrogens with zero attached hydrogens (tertiary/aromatic N) is 2. The van der Waals surface area contributed by atoms with Crippen molar-refractivity contribution in [3.63, 3.8) is 0 Å². The van der Waals surface area contributed by atoms with Crippen molar-refractivity contribution in [3.05, 3.63) is 50.6 Å². The summed E-state index contributed by atoms with van der Waals surface area (Å²) in [6.45, 7) is 4.87. The van der Waals surface area contributed by atoms with Crippen LogP contribution in [0.2, 0.25) is 18.6 Å². The van der Waals surface area contributed by atoms with Crippen LogP contribution in [0.1, 0.15) is 13.8 Å². The van der Waals surface area contributed by atoms with Crippen molar-refractivity contribution >= 4 is 13.3 Å². The summed E-state index contributed by atoms with van der Waals surface area (Å²) in [5.41, 5.74) is -3.01. The second-order valence-electron chi connectivity index (χ2n) is 6.34. The molecule has 1 aliphatic rings. The summed E-state index contributed by atoms with van der Waals surface area (Å²) in [4.78, 5) is 22.1. The van der Waals surface area contributed by atoms with E-state index in [2.05, 4.69) is 0 Å². The Morgan fingerprint density at radius 1 is 1.00 bits per heavy atom. The topological polar surface area (TPSA) is 86.3 Å². The number of rotatable bonds is 3. The molecule has 0 radical (unpaired) electrons. The minimum absolute atomic E-state index is 0.300. The van der Waals surface area contributed by atoms with E-state index in [1.807, 2.05) is 36.9 Å². The maximum atomic E-state index is 11.5. The van der Waals surface area contributed by atoms with Crippen molar-refractivity contribution in [3.8, 4) is 0 Å². The predicted molar refractivity (Wildman–Crippen MR) is 78.1 cm³/mol. The molecular weight excluding hydrogens is 276 g/mol. The van der Waals surface area contributed by atoms with E-state index in [1.54, 1.807) is 0 Å². The highest BCUT2D eigenvalue weighted by Crippen LogP contribution is 2.48. The minimum atomic E-state index is -2.24. The van der Waals surface area contributed by atoms with Crippen LogP contribution < -0.4 is 5.19 Å². The van der Waals surface area contributed by atoms with Gasteiger partial charge in [-0.2, -0.15) is 0 Å². The molecule has 0 N–H and O–H groups in total. The molecule has 0 saturated carbocycles. The zero-order chi connectivity index (χ0) is 15.2. The Morgan fingerprint density at radius 2 is 1.40 bits per heavy atom. The first-order chi connectivity index (χ1) is 9.16. The van der Waals surface area contributed by atoms with Gasteiger partial charge in [0.15, 0.2) is 0 Å². The molecular formula is C13H18N2O4Si. The molecule has 2 rings (SSSR count). The Bertz CT molecular complexity index is 537. The maximum absolute atomic E-state index is 11.5. The fourth-order valence-corrected chi connectivity index (χ4v) is 9.12. The normalized spacial score (nSPS) is 31.9. The van der Waals surface area contributed by atoms with Gasteiger partial charge in [-0.3, -0.25) is 20.2 Å². The van der Waals surface area contributed by atoms with E-state index < -0.39 is 29.0 Å².